The fourth-order valence-electron chi connectivity index (χ4n) is 7.44. The lowest BCUT2D eigenvalue weighted by Gasteiger charge is -2.22. The van der Waals surface area contributed by atoms with Crippen molar-refractivity contribution in [1.29, 1.82) is 0 Å². The molecule has 0 unspecified atom stereocenters. The molecule has 0 radical (unpaired) electrons. The van der Waals surface area contributed by atoms with Gasteiger partial charge in [-0.1, -0.05) is 31.2 Å². The number of phenolic OH excluding ortho intramolecular Hbond substituents is 2. The third-order valence-corrected chi connectivity index (χ3v) is 10.4. The van der Waals surface area contributed by atoms with Crippen LogP contribution in [0.2, 0.25) is 0 Å². The van der Waals surface area contributed by atoms with E-state index >= 15 is 0 Å². The van der Waals surface area contributed by atoms with E-state index < -0.39 is 24.3 Å². The molecule has 16 heteroatoms. The fourth-order valence-corrected chi connectivity index (χ4v) is 7.44. The second-order valence-corrected chi connectivity index (χ2v) is 13.9. The zero-order chi connectivity index (χ0) is 36.4. The summed E-state index contributed by atoms with van der Waals surface area (Å²) >= 11 is 0. The van der Waals surface area contributed by atoms with Crippen LogP contribution in [0.4, 0.5) is 16.6 Å². The van der Waals surface area contributed by atoms with Crippen molar-refractivity contribution in [2.24, 2.45) is 0 Å². The second kappa shape index (κ2) is 15.2. The molecule has 9 N–H and O–H groups in total. The summed E-state index contributed by atoms with van der Waals surface area (Å²) in [7, 11) is 0. The number of carbonyl (C=O) groups is 2. The molecule has 2 aromatic heterocycles. The van der Waals surface area contributed by atoms with Crippen LogP contribution < -0.4 is 31.5 Å². The monoisotopic (exact) mass is 714 g/mol. The van der Waals surface area contributed by atoms with E-state index in [1.807, 2.05) is 29.2 Å². The van der Waals surface area contributed by atoms with Crippen LogP contribution in [0.3, 0.4) is 0 Å². The van der Waals surface area contributed by atoms with Gasteiger partial charge < -0.3 is 56.5 Å². The summed E-state index contributed by atoms with van der Waals surface area (Å²) in [4.78, 5) is 41.5. The van der Waals surface area contributed by atoms with E-state index in [1.165, 1.54) is 0 Å². The van der Waals surface area contributed by atoms with Gasteiger partial charge in [0.2, 0.25) is 11.9 Å². The lowest BCUT2D eigenvalue weighted by atomic mass is 9.91. The highest BCUT2D eigenvalue weighted by Crippen LogP contribution is 2.36. The van der Waals surface area contributed by atoms with Crippen LogP contribution in [0, 0.1) is 0 Å². The smallest absolute Gasteiger partial charge is 0.315 e. The number of hydrogen-bond acceptors (Lipinski definition) is 12. The maximum absolute atomic E-state index is 12.8. The number of aromatic hydroxyl groups is 2. The summed E-state index contributed by atoms with van der Waals surface area (Å²) < 4.78 is 1.74. The molecule has 0 spiro atoms. The summed E-state index contributed by atoms with van der Waals surface area (Å²) in [6.45, 7) is 4.80. The van der Waals surface area contributed by atoms with Gasteiger partial charge in [0.1, 0.15) is 23.7 Å². The van der Waals surface area contributed by atoms with Crippen molar-refractivity contribution in [2.45, 2.75) is 74.9 Å². The zero-order valence-electron chi connectivity index (χ0n) is 28.9. The zero-order valence-corrected chi connectivity index (χ0v) is 28.9. The Kier molecular flexibility index (Phi) is 10.3. The lowest BCUT2D eigenvalue weighted by molar-refractivity contribution is -0.122. The quantitative estimate of drug-likeness (QED) is 0.107. The summed E-state index contributed by atoms with van der Waals surface area (Å²) in [5.74, 6) is 0.739. The number of anilines is 2. The molecule has 1 saturated carbocycles. The summed E-state index contributed by atoms with van der Waals surface area (Å²) in [5.41, 5.74) is 2.76. The molecule has 52 heavy (non-hydrogen) atoms. The van der Waals surface area contributed by atoms with Gasteiger partial charge in [-0.3, -0.25) is 4.79 Å². The van der Waals surface area contributed by atoms with Crippen LogP contribution in [-0.2, 0) is 4.79 Å². The van der Waals surface area contributed by atoms with Crippen molar-refractivity contribution >= 4 is 34.9 Å². The van der Waals surface area contributed by atoms with Crippen molar-refractivity contribution in [3.63, 3.8) is 0 Å². The van der Waals surface area contributed by atoms with Crippen molar-refractivity contribution in [3.8, 4) is 11.5 Å². The maximum atomic E-state index is 12.8. The van der Waals surface area contributed by atoms with E-state index in [1.54, 1.807) is 42.1 Å². The number of phenols is 2. The predicted octanol–water partition coefficient (Wildman–Crippen LogP) is 1.28. The average Bonchev–Trinajstić information content (AvgIpc) is 3.96. The van der Waals surface area contributed by atoms with Crippen LogP contribution >= 0.6 is 0 Å². The molecule has 4 aromatic rings. The maximum Gasteiger partial charge on any atom is 0.315 e. The highest BCUT2D eigenvalue weighted by atomic mass is 16.3. The first kappa shape index (κ1) is 35.2. The Labute approximate surface area is 300 Å². The third-order valence-electron chi connectivity index (χ3n) is 10.4. The van der Waals surface area contributed by atoms with Crippen molar-refractivity contribution in [3.05, 3.63) is 66.0 Å². The molecule has 276 valence electrons. The summed E-state index contributed by atoms with van der Waals surface area (Å²) in [6.07, 6.45) is 1.32. The van der Waals surface area contributed by atoms with E-state index in [0.29, 0.717) is 49.0 Å². The number of rotatable bonds is 11. The molecule has 1 aliphatic carbocycles. The molecule has 16 nitrogen and oxygen atoms in total. The molecule has 2 aromatic carbocycles. The number of imidazole rings is 1. The van der Waals surface area contributed by atoms with E-state index in [9.17, 15) is 30.0 Å². The SMILES string of the molecule is CCC(=O)N[C@H]1C[C@@H](n2cnc3c(NCC(c4ccc(O)cc4)c4ccc(O)cc4)nc(N4CC[C@@H](NC(=O)N[C@@H]5CCNC5)C4)nc32)[C@H](O)[C@@H]1O. The largest absolute Gasteiger partial charge is 0.508 e. The predicted molar refractivity (Wildman–Crippen MR) is 193 cm³/mol. The Morgan fingerprint density at radius 3 is 2.27 bits per heavy atom. The van der Waals surface area contributed by atoms with Gasteiger partial charge >= 0.3 is 6.03 Å². The molecular weight excluding hydrogens is 668 g/mol. The van der Waals surface area contributed by atoms with E-state index in [2.05, 4.69) is 31.6 Å². The van der Waals surface area contributed by atoms with Gasteiger partial charge in [0.15, 0.2) is 17.0 Å². The number of nitrogens with zero attached hydrogens (tertiary/aromatic N) is 5. The van der Waals surface area contributed by atoms with E-state index in [4.69, 9.17) is 9.97 Å². The van der Waals surface area contributed by atoms with Gasteiger partial charge in [-0.2, -0.15) is 9.97 Å². The highest BCUT2D eigenvalue weighted by molar-refractivity contribution is 5.85. The first-order valence-electron chi connectivity index (χ1n) is 17.9. The third kappa shape index (κ3) is 7.54. The minimum absolute atomic E-state index is 0.100. The van der Waals surface area contributed by atoms with Crippen LogP contribution in [-0.4, -0.2) is 115 Å². The number of aliphatic hydroxyl groups is 2. The minimum Gasteiger partial charge on any atom is -0.508 e. The lowest BCUT2D eigenvalue weighted by Crippen LogP contribution is -2.47. The molecule has 2 aliphatic heterocycles. The highest BCUT2D eigenvalue weighted by Gasteiger charge is 2.44. The Hall–Kier alpha value is -5.19. The molecule has 7 rings (SSSR count). The van der Waals surface area contributed by atoms with Crippen molar-refractivity contribution in [2.75, 3.05) is 42.9 Å². The van der Waals surface area contributed by atoms with Gasteiger partial charge in [0, 0.05) is 50.6 Å². The van der Waals surface area contributed by atoms with Crippen LogP contribution in [0.15, 0.2) is 54.9 Å². The fraction of sp³-hybridized carbons (Fsp3) is 0.472. The first-order chi connectivity index (χ1) is 25.2. The van der Waals surface area contributed by atoms with Gasteiger partial charge in [-0.05, 0) is 61.2 Å². The van der Waals surface area contributed by atoms with E-state index in [0.717, 1.165) is 30.6 Å². The Balaban J connectivity index is 1.19. The molecule has 3 aliphatic rings. The van der Waals surface area contributed by atoms with Crippen molar-refractivity contribution < 1.29 is 30.0 Å². The number of carbonyl (C=O) groups excluding carboxylic acids is 2. The van der Waals surface area contributed by atoms with Crippen molar-refractivity contribution in [1.82, 2.24) is 40.8 Å². The van der Waals surface area contributed by atoms with Gasteiger partial charge in [-0.15, -0.1) is 0 Å². The molecule has 2 saturated heterocycles. The topological polar surface area (TPSA) is 222 Å². The Morgan fingerprint density at radius 1 is 0.923 bits per heavy atom. The molecule has 4 heterocycles. The number of amides is 3. The van der Waals surface area contributed by atoms with E-state index in [-0.39, 0.29) is 54.3 Å². The summed E-state index contributed by atoms with van der Waals surface area (Å²) in [5, 5.41) is 57.7. The van der Waals surface area contributed by atoms with Gasteiger partial charge in [0.25, 0.3) is 0 Å². The number of hydrogen-bond donors (Lipinski definition) is 9. The minimum atomic E-state index is -1.18. The van der Waals surface area contributed by atoms with Gasteiger partial charge in [-0.25, -0.2) is 9.78 Å². The Bertz CT molecular complexity index is 1820. The molecular formula is C36H46N10O6. The number of aromatic nitrogens is 4. The average molecular weight is 715 g/mol. The summed E-state index contributed by atoms with van der Waals surface area (Å²) in [6, 6.07) is 12.4. The normalized spacial score (nSPS) is 24.4. The molecule has 0 bridgehead atoms. The van der Waals surface area contributed by atoms with Crippen LogP contribution in [0.25, 0.3) is 11.2 Å². The van der Waals surface area contributed by atoms with Crippen LogP contribution in [0.5, 0.6) is 11.5 Å². The Morgan fingerprint density at radius 2 is 1.62 bits per heavy atom. The molecule has 6 atom stereocenters. The number of fused-ring (bicyclic) bond motifs is 1. The number of urea groups is 1. The number of benzene rings is 2. The van der Waals surface area contributed by atoms with Crippen LogP contribution in [0.1, 0.15) is 55.7 Å². The number of aliphatic hydroxyl groups excluding tert-OH is 2. The number of nitrogens with one attached hydrogen (secondary N) is 5. The molecule has 3 amide bonds. The second-order valence-electron chi connectivity index (χ2n) is 13.9. The van der Waals surface area contributed by atoms with Gasteiger partial charge in [0.05, 0.1) is 18.4 Å². The molecule has 3 fully saturated rings. The first-order valence-corrected chi connectivity index (χ1v) is 17.9. The standard InChI is InChI=1S/C36H46N10O6/c1-2-29(49)42-27-15-28(32(51)31(27)50)46-19-39-30-33(38-17-26(20-3-7-24(47)8-4-20)21-5-9-25(48)10-6-21)43-35(44-34(30)46)45-14-12-23(18-45)41-36(52)40-22-11-13-37-16-22/h3-10,19,22-23,26-28,31-32,37,47-48,50-51H,2,11-18H2,1H3,(H,42,49)(H,38,43,44)(H2,40,41,52)/t22-,23-,27+,28-,31-,32+/m1/s1.